The molecular weight excluding hydrogens is 196 g/mol. The highest BCUT2D eigenvalue weighted by molar-refractivity contribution is 7.05. The predicted octanol–water partition coefficient (Wildman–Crippen LogP) is 1.39. The van der Waals surface area contributed by atoms with Gasteiger partial charge in [0, 0.05) is 29.1 Å². The number of hydrogen-bond acceptors (Lipinski definition) is 4. The van der Waals surface area contributed by atoms with Gasteiger partial charge in [-0.15, -0.1) is 0 Å². The Hall–Kier alpha value is -0.450. The molecule has 2 atom stereocenters. The number of rotatable bonds is 3. The van der Waals surface area contributed by atoms with Crippen molar-refractivity contribution in [3.63, 3.8) is 0 Å². The van der Waals surface area contributed by atoms with E-state index in [2.05, 4.69) is 23.5 Å². The fourth-order valence-corrected chi connectivity index (χ4v) is 2.33. The third-order valence-corrected chi connectivity index (χ3v) is 3.97. The molecule has 1 fully saturated rings. The molecular formula is C10H16N2OS. The van der Waals surface area contributed by atoms with Crippen LogP contribution < -0.4 is 5.32 Å². The van der Waals surface area contributed by atoms with Crippen molar-refractivity contribution in [3.8, 4) is 0 Å². The summed E-state index contributed by atoms with van der Waals surface area (Å²) >= 11 is 1.53. The van der Waals surface area contributed by atoms with E-state index in [9.17, 15) is 5.11 Å². The molecule has 0 bridgehead atoms. The summed E-state index contributed by atoms with van der Waals surface area (Å²) in [5.41, 5.74) is 0.0185. The molecule has 1 heterocycles. The van der Waals surface area contributed by atoms with Crippen LogP contribution in [0.3, 0.4) is 0 Å². The van der Waals surface area contributed by atoms with Gasteiger partial charge in [0.1, 0.15) is 0 Å². The average molecular weight is 212 g/mol. The Labute approximate surface area is 88.3 Å². The normalized spacial score (nSPS) is 29.9. The van der Waals surface area contributed by atoms with E-state index in [4.69, 9.17) is 0 Å². The summed E-state index contributed by atoms with van der Waals surface area (Å²) in [4.78, 5) is 1.25. The van der Waals surface area contributed by atoms with E-state index in [1.807, 2.05) is 12.3 Å². The molecule has 0 aliphatic heterocycles. The van der Waals surface area contributed by atoms with E-state index in [0.717, 1.165) is 13.0 Å². The topological polar surface area (TPSA) is 45.1 Å². The lowest BCUT2D eigenvalue weighted by atomic mass is 9.64. The highest BCUT2D eigenvalue weighted by atomic mass is 32.1. The SMILES string of the molecule is CC1(C)C(O)CC1NCc1ccns1. The van der Waals surface area contributed by atoms with E-state index in [1.54, 1.807) is 0 Å². The fraction of sp³-hybridized carbons (Fsp3) is 0.700. The number of hydrogen-bond donors (Lipinski definition) is 2. The van der Waals surface area contributed by atoms with Crippen LogP contribution >= 0.6 is 11.5 Å². The molecule has 3 nitrogen and oxygen atoms in total. The van der Waals surface area contributed by atoms with Gasteiger partial charge < -0.3 is 10.4 Å². The van der Waals surface area contributed by atoms with Crippen LogP contribution in [0.5, 0.6) is 0 Å². The third kappa shape index (κ3) is 1.69. The molecule has 78 valence electrons. The largest absolute Gasteiger partial charge is 0.392 e. The van der Waals surface area contributed by atoms with Gasteiger partial charge in [-0.3, -0.25) is 0 Å². The molecule has 2 N–H and O–H groups in total. The van der Waals surface area contributed by atoms with Crippen LogP contribution in [0.2, 0.25) is 0 Å². The molecule has 1 aliphatic rings. The van der Waals surface area contributed by atoms with Crippen LogP contribution in [-0.2, 0) is 6.54 Å². The summed E-state index contributed by atoms with van der Waals surface area (Å²) in [6.07, 6.45) is 2.54. The van der Waals surface area contributed by atoms with Crippen molar-refractivity contribution in [1.29, 1.82) is 0 Å². The van der Waals surface area contributed by atoms with Gasteiger partial charge in [-0.1, -0.05) is 13.8 Å². The molecule has 1 aromatic rings. The number of nitrogens with one attached hydrogen (secondary N) is 1. The lowest BCUT2D eigenvalue weighted by Gasteiger charge is -2.49. The third-order valence-electron chi connectivity index (χ3n) is 3.23. The summed E-state index contributed by atoms with van der Waals surface area (Å²) in [6.45, 7) is 5.07. The molecule has 0 amide bonds. The van der Waals surface area contributed by atoms with Gasteiger partial charge in [0.15, 0.2) is 0 Å². The molecule has 0 aromatic carbocycles. The van der Waals surface area contributed by atoms with Crippen molar-refractivity contribution < 1.29 is 5.11 Å². The Morgan fingerprint density at radius 2 is 2.50 bits per heavy atom. The smallest absolute Gasteiger partial charge is 0.0621 e. The predicted molar refractivity (Wildman–Crippen MR) is 57.1 cm³/mol. The van der Waals surface area contributed by atoms with Crippen molar-refractivity contribution >= 4 is 11.5 Å². The van der Waals surface area contributed by atoms with Gasteiger partial charge in [0.05, 0.1) is 6.10 Å². The maximum atomic E-state index is 9.55. The van der Waals surface area contributed by atoms with Crippen molar-refractivity contribution in [3.05, 3.63) is 17.1 Å². The Kier molecular flexibility index (Phi) is 2.60. The molecule has 4 heteroatoms. The molecule has 0 spiro atoms. The summed E-state index contributed by atoms with van der Waals surface area (Å²) < 4.78 is 4.05. The van der Waals surface area contributed by atoms with E-state index in [1.165, 1.54) is 16.4 Å². The van der Waals surface area contributed by atoms with Gasteiger partial charge in [0.2, 0.25) is 0 Å². The van der Waals surface area contributed by atoms with E-state index >= 15 is 0 Å². The van der Waals surface area contributed by atoms with E-state index < -0.39 is 0 Å². The van der Waals surface area contributed by atoms with E-state index in [0.29, 0.717) is 6.04 Å². The van der Waals surface area contributed by atoms with Gasteiger partial charge in [-0.2, -0.15) is 0 Å². The summed E-state index contributed by atoms with van der Waals surface area (Å²) in [5, 5.41) is 13.0. The second-order valence-electron chi connectivity index (χ2n) is 4.49. The highest BCUT2D eigenvalue weighted by Crippen LogP contribution is 2.40. The summed E-state index contributed by atoms with van der Waals surface area (Å²) in [6, 6.07) is 2.46. The minimum absolute atomic E-state index is 0.0185. The lowest BCUT2D eigenvalue weighted by Crippen LogP contribution is -2.59. The van der Waals surface area contributed by atoms with E-state index in [-0.39, 0.29) is 11.5 Å². The highest BCUT2D eigenvalue weighted by Gasteiger charge is 2.46. The van der Waals surface area contributed by atoms with Crippen LogP contribution in [0.15, 0.2) is 12.3 Å². The van der Waals surface area contributed by atoms with Gasteiger partial charge in [-0.25, -0.2) is 4.37 Å². The average Bonchev–Trinajstić information content (AvgIpc) is 2.64. The molecule has 14 heavy (non-hydrogen) atoms. The zero-order chi connectivity index (χ0) is 10.2. The van der Waals surface area contributed by atoms with Crippen molar-refractivity contribution in [2.45, 2.75) is 39.0 Å². The molecule has 1 saturated carbocycles. The minimum atomic E-state index is -0.151. The zero-order valence-electron chi connectivity index (χ0n) is 8.53. The Morgan fingerprint density at radius 1 is 1.71 bits per heavy atom. The maximum Gasteiger partial charge on any atom is 0.0621 e. The molecule has 2 rings (SSSR count). The standard InChI is InChI=1S/C10H16N2OS/c1-10(2)8(5-9(10)13)11-6-7-3-4-12-14-7/h3-4,8-9,11,13H,5-6H2,1-2H3. The molecule has 1 aliphatic carbocycles. The zero-order valence-corrected chi connectivity index (χ0v) is 9.34. The summed E-state index contributed by atoms with van der Waals surface area (Å²) in [5.74, 6) is 0. The van der Waals surface area contributed by atoms with Crippen LogP contribution in [-0.4, -0.2) is 21.6 Å². The number of nitrogens with zero attached hydrogens (tertiary/aromatic N) is 1. The second-order valence-corrected chi connectivity index (χ2v) is 5.40. The number of aliphatic hydroxyl groups is 1. The van der Waals surface area contributed by atoms with Gasteiger partial charge >= 0.3 is 0 Å². The number of aliphatic hydroxyl groups excluding tert-OH is 1. The van der Waals surface area contributed by atoms with Crippen LogP contribution in [0.4, 0.5) is 0 Å². The molecule has 2 unspecified atom stereocenters. The van der Waals surface area contributed by atoms with Crippen LogP contribution in [0.1, 0.15) is 25.1 Å². The summed E-state index contributed by atoms with van der Waals surface area (Å²) in [7, 11) is 0. The first-order valence-electron chi connectivity index (χ1n) is 4.91. The van der Waals surface area contributed by atoms with Gasteiger partial charge in [0.25, 0.3) is 0 Å². The Balaban J connectivity index is 1.83. The van der Waals surface area contributed by atoms with Crippen molar-refractivity contribution in [1.82, 2.24) is 9.69 Å². The molecule has 0 saturated heterocycles. The molecule has 0 radical (unpaired) electrons. The first-order valence-corrected chi connectivity index (χ1v) is 5.69. The first-order chi connectivity index (χ1) is 6.60. The minimum Gasteiger partial charge on any atom is -0.392 e. The Morgan fingerprint density at radius 3 is 3.00 bits per heavy atom. The van der Waals surface area contributed by atoms with Crippen molar-refractivity contribution in [2.75, 3.05) is 0 Å². The quantitative estimate of drug-likeness (QED) is 0.796. The van der Waals surface area contributed by atoms with Crippen molar-refractivity contribution in [2.24, 2.45) is 5.41 Å². The monoisotopic (exact) mass is 212 g/mol. The number of aromatic nitrogens is 1. The van der Waals surface area contributed by atoms with Gasteiger partial charge in [-0.05, 0) is 24.0 Å². The lowest BCUT2D eigenvalue weighted by molar-refractivity contribution is -0.0729. The first kappa shape index (κ1) is 10.1. The second kappa shape index (κ2) is 3.61. The Bertz CT molecular complexity index is 297. The maximum absolute atomic E-state index is 9.55. The fourth-order valence-electron chi connectivity index (χ4n) is 1.81. The van der Waals surface area contributed by atoms with Crippen LogP contribution in [0, 0.1) is 5.41 Å². The van der Waals surface area contributed by atoms with Crippen LogP contribution in [0.25, 0.3) is 0 Å². The molecule has 1 aromatic heterocycles.